The van der Waals surface area contributed by atoms with Crippen molar-refractivity contribution in [2.45, 2.75) is 58.3 Å². The van der Waals surface area contributed by atoms with Gasteiger partial charge in [-0.05, 0) is 47.1 Å². The number of carbonyl (C=O) groups is 1. The number of hydrogen-bond donors (Lipinski definition) is 1. The Kier molecular flexibility index (Phi) is 7.51. The lowest BCUT2D eigenvalue weighted by molar-refractivity contribution is -0.152. The summed E-state index contributed by atoms with van der Waals surface area (Å²) in [5, 5.41) is 0. The highest BCUT2D eigenvalue weighted by Gasteiger charge is 2.33. The van der Waals surface area contributed by atoms with E-state index in [1.165, 1.54) is 11.8 Å². The van der Waals surface area contributed by atoms with E-state index in [2.05, 4.69) is 0 Å². The van der Waals surface area contributed by atoms with Crippen LogP contribution in [0.1, 0.15) is 40.5 Å². The molecule has 120 valence electrons. The molecule has 0 fully saturated rings. The molecule has 0 aromatic heterocycles. The molecule has 0 radical (unpaired) electrons. The molecule has 0 aromatic rings. The maximum absolute atomic E-state index is 12.4. The van der Waals surface area contributed by atoms with E-state index in [9.17, 15) is 18.0 Å². The molecule has 4 nitrogen and oxygen atoms in total. The summed E-state index contributed by atoms with van der Waals surface area (Å²) >= 11 is 0. The van der Waals surface area contributed by atoms with Crippen molar-refractivity contribution < 1.29 is 22.7 Å². The van der Waals surface area contributed by atoms with E-state index in [0.717, 1.165) is 0 Å². The van der Waals surface area contributed by atoms with Crippen LogP contribution in [0.5, 0.6) is 0 Å². The van der Waals surface area contributed by atoms with Crippen molar-refractivity contribution in [3.8, 4) is 0 Å². The number of alkyl halides is 3. The standard InChI is InChI=1S/C13H25F3N2O2/c1-5-20-11(19)12(4,17)7-6-8-18(10(2)3)9-13(14,15)16/h10H,5-9,17H2,1-4H3. The lowest BCUT2D eigenvalue weighted by atomic mass is 9.97. The first-order valence-electron chi connectivity index (χ1n) is 6.76. The Balaban J connectivity index is 4.33. The monoisotopic (exact) mass is 298 g/mol. The molecule has 0 amide bonds. The third-order valence-electron chi connectivity index (χ3n) is 3.00. The van der Waals surface area contributed by atoms with E-state index < -0.39 is 24.2 Å². The molecule has 0 saturated carbocycles. The highest BCUT2D eigenvalue weighted by atomic mass is 19.4. The number of nitrogens with zero attached hydrogens (tertiary/aromatic N) is 1. The van der Waals surface area contributed by atoms with Gasteiger partial charge in [0.2, 0.25) is 0 Å². The first kappa shape index (κ1) is 19.2. The molecule has 0 aromatic carbocycles. The van der Waals surface area contributed by atoms with Gasteiger partial charge in [-0.1, -0.05) is 0 Å². The Labute approximate surface area is 118 Å². The Morgan fingerprint density at radius 3 is 2.30 bits per heavy atom. The molecule has 7 heteroatoms. The Bertz CT molecular complexity index is 304. The molecule has 1 atom stereocenters. The summed E-state index contributed by atoms with van der Waals surface area (Å²) in [6, 6.07) is -0.219. The smallest absolute Gasteiger partial charge is 0.401 e. The molecule has 0 aliphatic rings. The van der Waals surface area contributed by atoms with E-state index in [-0.39, 0.29) is 25.6 Å². The SMILES string of the molecule is CCOC(=O)C(C)(N)CCCN(CC(F)(F)F)C(C)C. The summed E-state index contributed by atoms with van der Waals surface area (Å²) in [4.78, 5) is 12.9. The van der Waals surface area contributed by atoms with Gasteiger partial charge in [-0.3, -0.25) is 9.69 Å². The van der Waals surface area contributed by atoms with Crippen LogP contribution in [0, 0.1) is 0 Å². The van der Waals surface area contributed by atoms with Crippen LogP contribution >= 0.6 is 0 Å². The molecule has 0 heterocycles. The number of halogens is 3. The molecule has 20 heavy (non-hydrogen) atoms. The van der Waals surface area contributed by atoms with Crippen molar-refractivity contribution in [1.82, 2.24) is 4.90 Å². The van der Waals surface area contributed by atoms with Gasteiger partial charge >= 0.3 is 12.1 Å². The molecule has 0 spiro atoms. The summed E-state index contributed by atoms with van der Waals surface area (Å²) in [5.74, 6) is -0.521. The molecule has 0 aliphatic carbocycles. The van der Waals surface area contributed by atoms with Gasteiger partial charge in [-0.25, -0.2) is 0 Å². The largest absolute Gasteiger partial charge is 0.465 e. The van der Waals surface area contributed by atoms with E-state index >= 15 is 0 Å². The number of rotatable bonds is 8. The molecule has 0 aliphatic heterocycles. The zero-order chi connectivity index (χ0) is 16.0. The second-order valence-corrected chi connectivity index (χ2v) is 5.42. The second kappa shape index (κ2) is 7.83. The lowest BCUT2D eigenvalue weighted by Gasteiger charge is -2.29. The summed E-state index contributed by atoms with van der Waals surface area (Å²) in [7, 11) is 0. The van der Waals surface area contributed by atoms with Crippen LogP contribution < -0.4 is 5.73 Å². The van der Waals surface area contributed by atoms with Crippen molar-refractivity contribution in [2.75, 3.05) is 19.7 Å². The van der Waals surface area contributed by atoms with E-state index in [4.69, 9.17) is 10.5 Å². The van der Waals surface area contributed by atoms with Crippen LogP contribution in [0.2, 0.25) is 0 Å². The van der Waals surface area contributed by atoms with Gasteiger partial charge in [0, 0.05) is 6.04 Å². The minimum atomic E-state index is -4.22. The van der Waals surface area contributed by atoms with Gasteiger partial charge in [-0.2, -0.15) is 13.2 Å². The van der Waals surface area contributed by atoms with Gasteiger partial charge < -0.3 is 10.5 Å². The number of ether oxygens (including phenoxy) is 1. The van der Waals surface area contributed by atoms with Crippen molar-refractivity contribution in [1.29, 1.82) is 0 Å². The predicted octanol–water partition coefficient (Wildman–Crippen LogP) is 2.32. The van der Waals surface area contributed by atoms with Crippen LogP contribution in [0.15, 0.2) is 0 Å². The Morgan fingerprint density at radius 1 is 1.35 bits per heavy atom. The molecular weight excluding hydrogens is 273 g/mol. The van der Waals surface area contributed by atoms with Crippen molar-refractivity contribution >= 4 is 5.97 Å². The maximum Gasteiger partial charge on any atom is 0.401 e. The van der Waals surface area contributed by atoms with Crippen LogP contribution in [0.3, 0.4) is 0 Å². The topological polar surface area (TPSA) is 55.6 Å². The average Bonchev–Trinajstić information content (AvgIpc) is 2.26. The van der Waals surface area contributed by atoms with E-state index in [1.54, 1.807) is 20.8 Å². The number of esters is 1. The minimum Gasteiger partial charge on any atom is -0.465 e. The van der Waals surface area contributed by atoms with E-state index in [1.807, 2.05) is 0 Å². The fourth-order valence-electron chi connectivity index (χ4n) is 1.80. The molecule has 0 saturated heterocycles. The second-order valence-electron chi connectivity index (χ2n) is 5.42. The molecule has 0 rings (SSSR count). The zero-order valence-electron chi connectivity index (χ0n) is 12.6. The van der Waals surface area contributed by atoms with Gasteiger partial charge in [0.25, 0.3) is 0 Å². The average molecular weight is 298 g/mol. The molecule has 2 N–H and O–H groups in total. The summed E-state index contributed by atoms with van der Waals surface area (Å²) in [6.07, 6.45) is -3.54. The molecule has 1 unspecified atom stereocenters. The van der Waals surface area contributed by atoms with E-state index in [0.29, 0.717) is 6.42 Å². The highest BCUT2D eigenvalue weighted by molar-refractivity contribution is 5.79. The van der Waals surface area contributed by atoms with Gasteiger partial charge in [0.1, 0.15) is 5.54 Å². The van der Waals surface area contributed by atoms with Crippen LogP contribution in [-0.4, -0.2) is 48.3 Å². The summed E-state index contributed by atoms with van der Waals surface area (Å²) < 4.78 is 42.1. The van der Waals surface area contributed by atoms with Crippen LogP contribution in [-0.2, 0) is 9.53 Å². The predicted molar refractivity (Wildman–Crippen MR) is 71.2 cm³/mol. The van der Waals surface area contributed by atoms with Gasteiger partial charge in [0.15, 0.2) is 0 Å². The minimum absolute atomic E-state index is 0.219. The summed E-state index contributed by atoms with van der Waals surface area (Å²) in [5.41, 5.74) is 4.66. The first-order valence-corrected chi connectivity index (χ1v) is 6.76. The third kappa shape index (κ3) is 7.69. The Morgan fingerprint density at radius 2 is 1.90 bits per heavy atom. The normalized spacial score (nSPS) is 15.5. The third-order valence-corrected chi connectivity index (χ3v) is 3.00. The quantitative estimate of drug-likeness (QED) is 0.699. The molecule has 0 bridgehead atoms. The van der Waals surface area contributed by atoms with Gasteiger partial charge in [-0.15, -0.1) is 0 Å². The lowest BCUT2D eigenvalue weighted by Crippen LogP contribution is -2.47. The molecular formula is C13H25F3N2O2. The zero-order valence-corrected chi connectivity index (χ0v) is 12.6. The van der Waals surface area contributed by atoms with Crippen LogP contribution in [0.25, 0.3) is 0 Å². The van der Waals surface area contributed by atoms with Crippen molar-refractivity contribution in [3.05, 3.63) is 0 Å². The highest BCUT2D eigenvalue weighted by Crippen LogP contribution is 2.19. The first-order chi connectivity index (χ1) is 8.99. The fourth-order valence-corrected chi connectivity index (χ4v) is 1.80. The number of carbonyl (C=O) groups excluding carboxylic acids is 1. The Hall–Kier alpha value is -0.820. The van der Waals surface area contributed by atoms with Crippen molar-refractivity contribution in [3.63, 3.8) is 0 Å². The summed E-state index contributed by atoms with van der Waals surface area (Å²) in [6.45, 7) is 6.15. The number of hydrogen-bond acceptors (Lipinski definition) is 4. The fraction of sp³-hybridized carbons (Fsp3) is 0.923. The van der Waals surface area contributed by atoms with Crippen molar-refractivity contribution in [2.24, 2.45) is 5.73 Å². The maximum atomic E-state index is 12.4. The van der Waals surface area contributed by atoms with Crippen LogP contribution in [0.4, 0.5) is 13.2 Å². The van der Waals surface area contributed by atoms with Gasteiger partial charge in [0.05, 0.1) is 13.2 Å². The number of nitrogens with two attached hydrogens (primary N) is 1.